The molecule has 1 saturated heterocycles. The van der Waals surface area contributed by atoms with Crippen molar-refractivity contribution in [2.75, 3.05) is 20.1 Å². The zero-order valence-corrected chi connectivity index (χ0v) is 14.9. The van der Waals surface area contributed by atoms with Crippen molar-refractivity contribution < 1.29 is 4.79 Å². The van der Waals surface area contributed by atoms with E-state index in [-0.39, 0.29) is 5.91 Å². The Morgan fingerprint density at radius 3 is 2.50 bits per heavy atom. The van der Waals surface area contributed by atoms with Gasteiger partial charge < -0.3 is 14.8 Å². The van der Waals surface area contributed by atoms with E-state index in [4.69, 9.17) is 0 Å². The van der Waals surface area contributed by atoms with Crippen LogP contribution in [0.2, 0.25) is 0 Å². The fourth-order valence-electron chi connectivity index (χ4n) is 3.46. The van der Waals surface area contributed by atoms with Gasteiger partial charge in [0, 0.05) is 24.0 Å². The smallest absolute Gasteiger partial charge is 0.253 e. The molecule has 2 aromatic rings. The second-order valence-corrected chi connectivity index (χ2v) is 6.91. The fourth-order valence-corrected chi connectivity index (χ4v) is 3.46. The SMILES string of the molecule is Cc1cc(C(=O)NC2CCN(C)CC2)c(C)n1Cc1ccccc1. The maximum absolute atomic E-state index is 12.7. The number of aryl methyl sites for hydroxylation is 1. The number of nitrogens with one attached hydrogen (secondary N) is 1. The van der Waals surface area contributed by atoms with Crippen LogP contribution in [0.4, 0.5) is 0 Å². The lowest BCUT2D eigenvalue weighted by Gasteiger charge is -2.29. The second-order valence-electron chi connectivity index (χ2n) is 6.91. The van der Waals surface area contributed by atoms with E-state index >= 15 is 0 Å². The molecule has 1 fully saturated rings. The molecule has 3 rings (SSSR count). The summed E-state index contributed by atoms with van der Waals surface area (Å²) in [6, 6.07) is 12.7. The summed E-state index contributed by atoms with van der Waals surface area (Å²) in [7, 11) is 2.13. The third-order valence-electron chi connectivity index (χ3n) is 5.06. The van der Waals surface area contributed by atoms with Gasteiger partial charge in [0.1, 0.15) is 0 Å². The minimum atomic E-state index is 0.0666. The number of hydrogen-bond acceptors (Lipinski definition) is 2. The zero-order chi connectivity index (χ0) is 17.1. The lowest BCUT2D eigenvalue weighted by atomic mass is 10.0. The third kappa shape index (κ3) is 3.70. The van der Waals surface area contributed by atoms with E-state index in [1.165, 1.54) is 5.56 Å². The van der Waals surface area contributed by atoms with Gasteiger partial charge in [0.2, 0.25) is 0 Å². The van der Waals surface area contributed by atoms with Crippen molar-refractivity contribution >= 4 is 5.91 Å². The Morgan fingerprint density at radius 1 is 1.17 bits per heavy atom. The van der Waals surface area contributed by atoms with Crippen LogP contribution >= 0.6 is 0 Å². The largest absolute Gasteiger partial charge is 0.349 e. The van der Waals surface area contributed by atoms with Crippen LogP contribution in [0.1, 0.15) is 40.2 Å². The van der Waals surface area contributed by atoms with E-state index in [2.05, 4.69) is 53.0 Å². The predicted molar refractivity (Wildman–Crippen MR) is 97.4 cm³/mol. The van der Waals surface area contributed by atoms with Crippen LogP contribution in [-0.2, 0) is 6.54 Å². The molecule has 0 bridgehead atoms. The number of benzene rings is 1. The van der Waals surface area contributed by atoms with Crippen molar-refractivity contribution in [3.05, 3.63) is 58.9 Å². The van der Waals surface area contributed by atoms with Crippen LogP contribution < -0.4 is 5.32 Å². The Morgan fingerprint density at radius 2 is 1.83 bits per heavy atom. The molecule has 1 N–H and O–H groups in total. The molecule has 1 aromatic carbocycles. The average Bonchev–Trinajstić information content (AvgIpc) is 2.86. The van der Waals surface area contributed by atoms with Gasteiger partial charge in [-0.1, -0.05) is 30.3 Å². The number of likely N-dealkylation sites (tertiary alicyclic amines) is 1. The fraction of sp³-hybridized carbons (Fsp3) is 0.450. The second kappa shape index (κ2) is 7.22. The molecule has 0 unspecified atom stereocenters. The van der Waals surface area contributed by atoms with Crippen molar-refractivity contribution in [1.29, 1.82) is 0 Å². The number of aromatic nitrogens is 1. The minimum absolute atomic E-state index is 0.0666. The first-order valence-corrected chi connectivity index (χ1v) is 8.74. The molecule has 128 valence electrons. The number of nitrogens with zero attached hydrogens (tertiary/aromatic N) is 2. The topological polar surface area (TPSA) is 37.3 Å². The summed E-state index contributed by atoms with van der Waals surface area (Å²) in [5, 5.41) is 3.22. The van der Waals surface area contributed by atoms with Crippen LogP contribution in [0, 0.1) is 13.8 Å². The summed E-state index contributed by atoms with van der Waals surface area (Å²) >= 11 is 0. The van der Waals surface area contributed by atoms with Gasteiger partial charge in [-0.25, -0.2) is 0 Å². The summed E-state index contributed by atoms with van der Waals surface area (Å²) < 4.78 is 2.22. The van der Waals surface area contributed by atoms with Crippen molar-refractivity contribution in [2.24, 2.45) is 0 Å². The maximum atomic E-state index is 12.7. The van der Waals surface area contributed by atoms with E-state index in [1.54, 1.807) is 0 Å². The Hall–Kier alpha value is -2.07. The van der Waals surface area contributed by atoms with Gasteiger partial charge in [-0.05, 0) is 58.5 Å². The molecule has 1 aliphatic heterocycles. The minimum Gasteiger partial charge on any atom is -0.349 e. The summed E-state index contributed by atoms with van der Waals surface area (Å²) in [4.78, 5) is 15.0. The number of carbonyl (C=O) groups excluding carboxylic acids is 1. The zero-order valence-electron chi connectivity index (χ0n) is 14.9. The van der Waals surface area contributed by atoms with Gasteiger partial charge in [0.25, 0.3) is 5.91 Å². The molecule has 1 amide bonds. The first-order chi connectivity index (χ1) is 11.5. The Kier molecular flexibility index (Phi) is 5.05. The van der Waals surface area contributed by atoms with Crippen molar-refractivity contribution in [3.8, 4) is 0 Å². The Balaban J connectivity index is 1.72. The molecule has 0 radical (unpaired) electrons. The summed E-state index contributed by atoms with van der Waals surface area (Å²) in [6.45, 7) is 7.03. The maximum Gasteiger partial charge on any atom is 0.253 e. The van der Waals surface area contributed by atoms with E-state index in [0.29, 0.717) is 6.04 Å². The van der Waals surface area contributed by atoms with Crippen molar-refractivity contribution in [2.45, 2.75) is 39.3 Å². The van der Waals surface area contributed by atoms with Crippen molar-refractivity contribution in [1.82, 2.24) is 14.8 Å². The van der Waals surface area contributed by atoms with Gasteiger partial charge >= 0.3 is 0 Å². The van der Waals surface area contributed by atoms with E-state index in [0.717, 1.165) is 49.4 Å². The van der Waals surface area contributed by atoms with Crippen LogP contribution in [0.15, 0.2) is 36.4 Å². The van der Waals surface area contributed by atoms with Crippen LogP contribution in [0.5, 0.6) is 0 Å². The highest BCUT2D eigenvalue weighted by Gasteiger charge is 2.21. The number of hydrogen-bond donors (Lipinski definition) is 1. The number of rotatable bonds is 4. The standard InChI is InChI=1S/C20H27N3O/c1-15-13-19(20(24)21-18-9-11-22(3)12-10-18)16(2)23(15)14-17-7-5-4-6-8-17/h4-8,13,18H,9-12,14H2,1-3H3,(H,21,24). The van der Waals surface area contributed by atoms with E-state index in [9.17, 15) is 4.79 Å². The molecule has 0 atom stereocenters. The molecule has 4 nitrogen and oxygen atoms in total. The van der Waals surface area contributed by atoms with Gasteiger partial charge in [-0.2, -0.15) is 0 Å². The molecule has 2 heterocycles. The number of carbonyl (C=O) groups is 1. The van der Waals surface area contributed by atoms with Gasteiger partial charge in [0.05, 0.1) is 5.56 Å². The Labute approximate surface area is 144 Å². The molecular formula is C20H27N3O. The highest BCUT2D eigenvalue weighted by Crippen LogP contribution is 2.18. The summed E-state index contributed by atoms with van der Waals surface area (Å²) in [6.07, 6.45) is 2.07. The molecule has 0 aliphatic carbocycles. The molecule has 0 spiro atoms. The molecule has 1 aliphatic rings. The summed E-state index contributed by atoms with van der Waals surface area (Å²) in [5.41, 5.74) is 4.23. The van der Waals surface area contributed by atoms with Gasteiger partial charge in [-0.3, -0.25) is 4.79 Å². The van der Waals surface area contributed by atoms with E-state index < -0.39 is 0 Å². The van der Waals surface area contributed by atoms with Gasteiger partial charge in [0.15, 0.2) is 0 Å². The lowest BCUT2D eigenvalue weighted by molar-refractivity contribution is 0.0916. The van der Waals surface area contributed by atoms with Gasteiger partial charge in [-0.15, -0.1) is 0 Å². The Bertz CT molecular complexity index is 697. The summed E-state index contributed by atoms with van der Waals surface area (Å²) in [5.74, 6) is 0.0666. The highest BCUT2D eigenvalue weighted by molar-refractivity contribution is 5.95. The quantitative estimate of drug-likeness (QED) is 0.938. The monoisotopic (exact) mass is 325 g/mol. The highest BCUT2D eigenvalue weighted by atomic mass is 16.1. The van der Waals surface area contributed by atoms with Crippen LogP contribution in [-0.4, -0.2) is 41.6 Å². The molecule has 24 heavy (non-hydrogen) atoms. The number of amides is 1. The normalized spacial score (nSPS) is 16.3. The molecule has 1 aromatic heterocycles. The predicted octanol–water partition coefficient (Wildman–Crippen LogP) is 2.98. The third-order valence-corrected chi connectivity index (χ3v) is 5.06. The molecule has 0 saturated carbocycles. The lowest BCUT2D eigenvalue weighted by Crippen LogP contribution is -2.43. The number of piperidine rings is 1. The van der Waals surface area contributed by atoms with Crippen molar-refractivity contribution in [3.63, 3.8) is 0 Å². The van der Waals surface area contributed by atoms with Crippen LogP contribution in [0.25, 0.3) is 0 Å². The first kappa shape index (κ1) is 16.8. The average molecular weight is 325 g/mol. The molecule has 4 heteroatoms. The van der Waals surface area contributed by atoms with Crippen LogP contribution in [0.3, 0.4) is 0 Å². The van der Waals surface area contributed by atoms with E-state index in [1.807, 2.05) is 19.1 Å². The molecular weight excluding hydrogens is 298 g/mol. The first-order valence-electron chi connectivity index (χ1n) is 8.74.